The molecule has 1 saturated heterocycles. The van der Waals surface area contributed by atoms with Crippen molar-refractivity contribution in [2.24, 2.45) is 0 Å². The summed E-state index contributed by atoms with van der Waals surface area (Å²) in [7, 11) is -3.46. The van der Waals surface area contributed by atoms with Gasteiger partial charge in [-0.25, -0.2) is 8.42 Å². The summed E-state index contributed by atoms with van der Waals surface area (Å²) in [6.45, 7) is 1.93. The number of carbonyl (C=O) groups excluding carboxylic acids is 1. The van der Waals surface area contributed by atoms with Gasteiger partial charge in [0.05, 0.1) is 24.6 Å². The van der Waals surface area contributed by atoms with Crippen LogP contribution in [0.25, 0.3) is 0 Å². The van der Waals surface area contributed by atoms with E-state index >= 15 is 0 Å². The molecular weight excluding hydrogens is 356 g/mol. The largest absolute Gasteiger partial charge is 0.379 e. The number of sulfonamides is 1. The van der Waals surface area contributed by atoms with Crippen molar-refractivity contribution < 1.29 is 17.9 Å². The molecule has 0 unspecified atom stereocenters. The Morgan fingerprint density at radius 2 is 2.04 bits per heavy atom. The highest BCUT2D eigenvalue weighted by atomic mass is 32.2. The van der Waals surface area contributed by atoms with E-state index in [1.54, 1.807) is 18.2 Å². The number of carbonyl (C=O) groups is 1. The second-order valence-electron chi connectivity index (χ2n) is 4.90. The molecule has 1 aliphatic heterocycles. The van der Waals surface area contributed by atoms with Crippen LogP contribution in [0.4, 0.5) is 0 Å². The number of nitrogens with one attached hydrogen (secondary N) is 1. The quantitative estimate of drug-likeness (QED) is 0.868. The van der Waals surface area contributed by atoms with Crippen molar-refractivity contribution in [3.63, 3.8) is 0 Å². The summed E-state index contributed by atoms with van der Waals surface area (Å²) in [6, 6.07) is 6.91. The lowest BCUT2D eigenvalue weighted by atomic mass is 10.4. The van der Waals surface area contributed by atoms with Gasteiger partial charge in [-0.2, -0.15) is 4.31 Å². The Kier molecular flexibility index (Phi) is 5.12. The molecule has 0 aliphatic carbocycles. The van der Waals surface area contributed by atoms with E-state index in [0.29, 0.717) is 41.9 Å². The first-order chi connectivity index (χ1) is 11.1. The van der Waals surface area contributed by atoms with Crippen LogP contribution < -0.4 is 5.32 Å². The lowest BCUT2D eigenvalue weighted by Crippen LogP contribution is -2.40. The topological polar surface area (TPSA) is 75.7 Å². The number of rotatable bonds is 5. The van der Waals surface area contributed by atoms with Gasteiger partial charge in [-0.05, 0) is 23.6 Å². The Balaban J connectivity index is 1.64. The van der Waals surface area contributed by atoms with Gasteiger partial charge in [-0.1, -0.05) is 6.07 Å². The van der Waals surface area contributed by atoms with E-state index in [2.05, 4.69) is 5.32 Å². The SMILES string of the molecule is O=C(NCc1ccc(S(=O)(=O)N2CCOCC2)s1)c1cccs1. The van der Waals surface area contributed by atoms with E-state index in [1.165, 1.54) is 27.0 Å². The van der Waals surface area contributed by atoms with Crippen molar-refractivity contribution in [2.45, 2.75) is 10.8 Å². The van der Waals surface area contributed by atoms with Crippen LogP contribution >= 0.6 is 22.7 Å². The molecule has 2 aromatic rings. The first-order valence-corrected chi connectivity index (χ1v) is 10.2. The zero-order valence-corrected chi connectivity index (χ0v) is 14.7. The second kappa shape index (κ2) is 7.10. The molecule has 0 spiro atoms. The van der Waals surface area contributed by atoms with Crippen LogP contribution in [-0.2, 0) is 21.3 Å². The lowest BCUT2D eigenvalue weighted by Gasteiger charge is -2.25. The summed E-state index contributed by atoms with van der Waals surface area (Å²) in [5.74, 6) is -0.147. The van der Waals surface area contributed by atoms with Gasteiger partial charge in [-0.3, -0.25) is 4.79 Å². The number of nitrogens with zero attached hydrogens (tertiary/aromatic N) is 1. The molecule has 0 radical (unpaired) electrons. The number of amides is 1. The fraction of sp³-hybridized carbons (Fsp3) is 0.357. The number of ether oxygens (including phenoxy) is 1. The molecule has 23 heavy (non-hydrogen) atoms. The normalized spacial score (nSPS) is 16.3. The third-order valence-corrected chi connectivity index (χ3v) is 7.69. The van der Waals surface area contributed by atoms with Crippen LogP contribution in [0.3, 0.4) is 0 Å². The molecule has 1 N–H and O–H groups in total. The number of hydrogen-bond donors (Lipinski definition) is 1. The summed E-state index contributed by atoms with van der Waals surface area (Å²) in [4.78, 5) is 13.3. The van der Waals surface area contributed by atoms with Crippen molar-refractivity contribution >= 4 is 38.6 Å². The maximum absolute atomic E-state index is 12.5. The van der Waals surface area contributed by atoms with Crippen molar-refractivity contribution in [3.05, 3.63) is 39.4 Å². The standard InChI is InChI=1S/C14H16N2O4S3/c17-14(12-2-1-9-21-12)15-10-11-3-4-13(22-11)23(18,19)16-5-7-20-8-6-16/h1-4,9H,5-8,10H2,(H,15,17). The smallest absolute Gasteiger partial charge is 0.261 e. The van der Waals surface area contributed by atoms with E-state index in [9.17, 15) is 13.2 Å². The van der Waals surface area contributed by atoms with E-state index in [-0.39, 0.29) is 5.91 Å². The lowest BCUT2D eigenvalue weighted by molar-refractivity contribution is 0.0731. The number of hydrogen-bond acceptors (Lipinski definition) is 6. The molecule has 1 amide bonds. The third kappa shape index (κ3) is 3.81. The van der Waals surface area contributed by atoms with Gasteiger partial charge < -0.3 is 10.1 Å². The first-order valence-electron chi connectivity index (χ1n) is 7.06. The van der Waals surface area contributed by atoms with Crippen LogP contribution in [0, 0.1) is 0 Å². The zero-order chi connectivity index (χ0) is 16.3. The van der Waals surface area contributed by atoms with Crippen LogP contribution in [0.2, 0.25) is 0 Å². The highest BCUT2D eigenvalue weighted by Crippen LogP contribution is 2.25. The van der Waals surface area contributed by atoms with Gasteiger partial charge in [0, 0.05) is 18.0 Å². The van der Waals surface area contributed by atoms with Gasteiger partial charge in [-0.15, -0.1) is 22.7 Å². The highest BCUT2D eigenvalue weighted by molar-refractivity contribution is 7.91. The summed E-state index contributed by atoms with van der Waals surface area (Å²) in [5.41, 5.74) is 0. The Morgan fingerprint density at radius 3 is 2.74 bits per heavy atom. The zero-order valence-electron chi connectivity index (χ0n) is 12.2. The molecular formula is C14H16N2O4S3. The molecule has 0 bridgehead atoms. The minimum atomic E-state index is -3.46. The van der Waals surface area contributed by atoms with Crippen LogP contribution in [0.1, 0.15) is 14.5 Å². The predicted molar refractivity (Wildman–Crippen MR) is 89.4 cm³/mol. The maximum Gasteiger partial charge on any atom is 0.261 e. The van der Waals surface area contributed by atoms with Crippen molar-refractivity contribution in [1.82, 2.24) is 9.62 Å². The maximum atomic E-state index is 12.5. The van der Waals surface area contributed by atoms with E-state index in [4.69, 9.17) is 4.74 Å². The third-order valence-electron chi connectivity index (χ3n) is 3.37. The van der Waals surface area contributed by atoms with Crippen LogP contribution in [-0.4, -0.2) is 44.9 Å². The molecule has 3 heterocycles. The summed E-state index contributed by atoms with van der Waals surface area (Å²) in [6.07, 6.45) is 0. The minimum absolute atomic E-state index is 0.147. The summed E-state index contributed by atoms with van der Waals surface area (Å²) in [5, 5.41) is 4.64. The average Bonchev–Trinajstić information content (AvgIpc) is 3.25. The Morgan fingerprint density at radius 1 is 1.26 bits per heavy atom. The van der Waals surface area contributed by atoms with E-state index in [1.807, 2.05) is 11.4 Å². The average molecular weight is 372 g/mol. The number of thiophene rings is 2. The summed E-state index contributed by atoms with van der Waals surface area (Å²) >= 11 is 2.56. The molecule has 6 nitrogen and oxygen atoms in total. The molecule has 0 saturated carbocycles. The molecule has 3 rings (SSSR count). The van der Waals surface area contributed by atoms with Gasteiger partial charge in [0.1, 0.15) is 4.21 Å². The molecule has 124 valence electrons. The van der Waals surface area contributed by atoms with Crippen LogP contribution in [0.5, 0.6) is 0 Å². The molecule has 1 aliphatic rings. The molecule has 1 fully saturated rings. The Hall–Kier alpha value is -1.26. The monoisotopic (exact) mass is 372 g/mol. The fourth-order valence-corrected chi connectivity index (χ4v) is 5.67. The molecule has 2 aromatic heterocycles. The Labute approximate surface area is 142 Å². The fourth-order valence-electron chi connectivity index (χ4n) is 2.17. The van der Waals surface area contributed by atoms with Crippen LogP contribution in [0.15, 0.2) is 33.9 Å². The van der Waals surface area contributed by atoms with Gasteiger partial charge in [0.2, 0.25) is 0 Å². The Bertz CT molecular complexity index is 762. The van der Waals surface area contributed by atoms with Gasteiger partial charge in [0.15, 0.2) is 0 Å². The highest BCUT2D eigenvalue weighted by Gasteiger charge is 2.27. The van der Waals surface area contributed by atoms with Crippen molar-refractivity contribution in [2.75, 3.05) is 26.3 Å². The first kappa shape index (κ1) is 16.6. The van der Waals surface area contributed by atoms with Gasteiger partial charge in [0.25, 0.3) is 15.9 Å². The predicted octanol–water partition coefficient (Wildman–Crippen LogP) is 1.76. The molecule has 0 atom stereocenters. The summed E-state index contributed by atoms with van der Waals surface area (Å²) < 4.78 is 32.0. The van der Waals surface area contributed by atoms with E-state index < -0.39 is 10.0 Å². The van der Waals surface area contributed by atoms with Gasteiger partial charge >= 0.3 is 0 Å². The number of morpholine rings is 1. The molecule has 0 aromatic carbocycles. The second-order valence-corrected chi connectivity index (χ2v) is 9.18. The molecule has 9 heteroatoms. The van der Waals surface area contributed by atoms with Crippen molar-refractivity contribution in [3.8, 4) is 0 Å². The van der Waals surface area contributed by atoms with Crippen molar-refractivity contribution in [1.29, 1.82) is 0 Å². The van der Waals surface area contributed by atoms with E-state index in [0.717, 1.165) is 4.88 Å². The minimum Gasteiger partial charge on any atom is -0.379 e.